The Morgan fingerprint density at radius 1 is 1.03 bits per heavy atom. The largest absolute Gasteiger partial charge is 0.480 e. The number of nitrogens with zero attached hydrogens (tertiary/aromatic N) is 3. The zero-order chi connectivity index (χ0) is 26.9. The van der Waals surface area contributed by atoms with Crippen molar-refractivity contribution in [3.05, 3.63) is 84.1 Å². The summed E-state index contributed by atoms with van der Waals surface area (Å²) in [7, 11) is 0. The minimum atomic E-state index is -0.674. The molecule has 0 amide bonds. The number of carboxylic acid groups (broad SMARTS) is 1. The lowest BCUT2D eigenvalue weighted by atomic mass is 9.88. The second kappa shape index (κ2) is 14.0. The maximum Gasteiger partial charge on any atom is 0.320 e. The molecule has 3 atom stereocenters. The predicted molar refractivity (Wildman–Crippen MR) is 156 cm³/mol. The van der Waals surface area contributed by atoms with Gasteiger partial charge >= 0.3 is 5.97 Å². The van der Waals surface area contributed by atoms with Gasteiger partial charge in [-0.15, -0.1) is 0 Å². The number of carboxylic acids is 1. The van der Waals surface area contributed by atoms with Gasteiger partial charge < -0.3 is 14.9 Å². The number of aliphatic carboxylic acids is 1. The van der Waals surface area contributed by atoms with E-state index in [1.807, 2.05) is 0 Å². The highest BCUT2D eigenvalue weighted by Gasteiger charge is 2.40. The molecule has 2 fully saturated rings. The Bertz CT molecular complexity index is 1000. The van der Waals surface area contributed by atoms with Gasteiger partial charge in [-0.05, 0) is 56.1 Å². The van der Waals surface area contributed by atoms with Crippen LogP contribution in [0.4, 0.5) is 0 Å². The Balaban J connectivity index is 1.34. The quantitative estimate of drug-likeness (QED) is 0.359. The van der Waals surface area contributed by atoms with Crippen LogP contribution >= 0.6 is 0 Å². The van der Waals surface area contributed by atoms with E-state index in [0.29, 0.717) is 17.9 Å². The van der Waals surface area contributed by atoms with Gasteiger partial charge in [-0.3, -0.25) is 9.69 Å². The molecule has 0 aliphatic carbocycles. The Labute approximate surface area is 230 Å². The number of likely N-dealkylation sites (tertiary alicyclic amines) is 2. The van der Waals surface area contributed by atoms with Crippen molar-refractivity contribution in [2.24, 2.45) is 5.92 Å². The molecule has 206 valence electrons. The molecule has 5 nitrogen and oxygen atoms in total. The molecule has 2 aromatic carbocycles. The third-order valence-corrected chi connectivity index (χ3v) is 8.77. The number of piperidine rings is 1. The van der Waals surface area contributed by atoms with Gasteiger partial charge in [-0.1, -0.05) is 80.6 Å². The maximum atomic E-state index is 12.1. The SMILES string of the molecule is C=C(CCc1ccccc1)N(CC)C1CCN(C[C@H]2CN(C(CCC)C(=O)O)C[C@@H]2c2ccccc2)CC1. The van der Waals surface area contributed by atoms with E-state index in [1.165, 1.54) is 16.8 Å². The van der Waals surface area contributed by atoms with Crippen molar-refractivity contribution in [1.82, 2.24) is 14.7 Å². The van der Waals surface area contributed by atoms with Gasteiger partial charge in [0.25, 0.3) is 0 Å². The maximum absolute atomic E-state index is 12.1. The molecule has 0 radical (unpaired) electrons. The molecule has 1 unspecified atom stereocenters. The Kier molecular flexibility index (Phi) is 10.4. The first kappa shape index (κ1) is 28.4. The van der Waals surface area contributed by atoms with Crippen LogP contribution in [-0.4, -0.2) is 77.1 Å². The lowest BCUT2D eigenvalue weighted by Crippen LogP contribution is -2.46. The van der Waals surface area contributed by atoms with E-state index in [2.05, 4.69) is 95.8 Å². The Morgan fingerprint density at radius 3 is 2.29 bits per heavy atom. The highest BCUT2D eigenvalue weighted by Crippen LogP contribution is 2.36. The summed E-state index contributed by atoms with van der Waals surface area (Å²) in [5.41, 5.74) is 3.99. The van der Waals surface area contributed by atoms with Crippen molar-refractivity contribution in [2.45, 2.75) is 70.4 Å². The van der Waals surface area contributed by atoms with Crippen molar-refractivity contribution >= 4 is 5.97 Å². The minimum absolute atomic E-state index is 0.373. The van der Waals surface area contributed by atoms with Gasteiger partial charge in [0.05, 0.1) is 0 Å². The fourth-order valence-corrected chi connectivity index (χ4v) is 6.72. The van der Waals surface area contributed by atoms with Crippen molar-refractivity contribution in [3.63, 3.8) is 0 Å². The number of rotatable bonds is 13. The topological polar surface area (TPSA) is 47.0 Å². The summed E-state index contributed by atoms with van der Waals surface area (Å²) < 4.78 is 0. The second-order valence-electron chi connectivity index (χ2n) is 11.2. The monoisotopic (exact) mass is 517 g/mol. The molecule has 2 aliphatic rings. The summed E-state index contributed by atoms with van der Waals surface area (Å²) >= 11 is 0. The van der Waals surface area contributed by atoms with Crippen molar-refractivity contribution in [2.75, 3.05) is 39.3 Å². The summed E-state index contributed by atoms with van der Waals surface area (Å²) in [6, 6.07) is 21.7. The third kappa shape index (κ3) is 7.27. The first-order valence-corrected chi connectivity index (χ1v) is 14.7. The standard InChI is InChI=1S/C33H47N3O2/c1-4-12-32(33(37)38)35-24-29(31(25-35)28-15-10-7-11-16-28)23-34-21-19-30(20-22-34)36(5-2)26(3)17-18-27-13-8-6-9-14-27/h6-11,13-16,29-32H,3-5,12,17-25H2,1-2H3,(H,37,38)/t29-,31+,32?/m0/s1. The molecule has 0 bridgehead atoms. The molecule has 2 aliphatic heterocycles. The van der Waals surface area contributed by atoms with Gasteiger partial charge in [-0.25, -0.2) is 0 Å². The van der Waals surface area contributed by atoms with Gasteiger partial charge in [-0.2, -0.15) is 0 Å². The molecular formula is C33H47N3O2. The summed E-state index contributed by atoms with van der Waals surface area (Å²) in [4.78, 5) is 19.5. The smallest absolute Gasteiger partial charge is 0.320 e. The van der Waals surface area contributed by atoms with E-state index in [0.717, 1.165) is 77.8 Å². The van der Waals surface area contributed by atoms with Crippen LogP contribution in [-0.2, 0) is 11.2 Å². The molecule has 5 heteroatoms. The molecule has 2 heterocycles. The van der Waals surface area contributed by atoms with E-state index < -0.39 is 5.97 Å². The van der Waals surface area contributed by atoms with Crippen LogP contribution in [0.2, 0.25) is 0 Å². The molecule has 0 spiro atoms. The van der Waals surface area contributed by atoms with Crippen molar-refractivity contribution < 1.29 is 9.90 Å². The summed E-state index contributed by atoms with van der Waals surface area (Å²) in [6.07, 6.45) is 6.00. The van der Waals surface area contributed by atoms with Crippen LogP contribution < -0.4 is 0 Å². The number of hydrogen-bond acceptors (Lipinski definition) is 4. The van der Waals surface area contributed by atoms with E-state index >= 15 is 0 Å². The van der Waals surface area contributed by atoms with Gasteiger partial charge in [0, 0.05) is 56.9 Å². The summed E-state index contributed by atoms with van der Waals surface area (Å²) in [6.45, 7) is 14.8. The number of benzene rings is 2. The minimum Gasteiger partial charge on any atom is -0.480 e. The molecule has 0 aromatic heterocycles. The van der Waals surface area contributed by atoms with Crippen molar-refractivity contribution in [1.29, 1.82) is 0 Å². The van der Waals surface area contributed by atoms with Gasteiger partial charge in [0.2, 0.25) is 0 Å². The molecule has 0 saturated carbocycles. The number of carbonyl (C=O) groups is 1. The van der Waals surface area contributed by atoms with Crippen LogP contribution in [0.15, 0.2) is 72.9 Å². The average Bonchev–Trinajstić information content (AvgIpc) is 3.36. The van der Waals surface area contributed by atoms with Crippen LogP contribution in [0.25, 0.3) is 0 Å². The predicted octanol–water partition coefficient (Wildman–Crippen LogP) is 5.89. The van der Waals surface area contributed by atoms with Crippen LogP contribution in [0.3, 0.4) is 0 Å². The lowest BCUT2D eigenvalue weighted by Gasteiger charge is -2.41. The van der Waals surface area contributed by atoms with Crippen LogP contribution in [0.5, 0.6) is 0 Å². The number of hydrogen-bond donors (Lipinski definition) is 1. The van der Waals surface area contributed by atoms with E-state index in [-0.39, 0.29) is 6.04 Å². The summed E-state index contributed by atoms with van der Waals surface area (Å²) in [5.74, 6) is 0.167. The fourth-order valence-electron chi connectivity index (χ4n) is 6.72. The number of allylic oxidation sites excluding steroid dienone is 1. The first-order valence-electron chi connectivity index (χ1n) is 14.7. The van der Waals surface area contributed by atoms with Crippen LogP contribution in [0.1, 0.15) is 63.0 Å². The molecule has 2 aromatic rings. The second-order valence-corrected chi connectivity index (χ2v) is 11.2. The van der Waals surface area contributed by atoms with E-state index in [4.69, 9.17) is 0 Å². The molecule has 38 heavy (non-hydrogen) atoms. The zero-order valence-electron chi connectivity index (χ0n) is 23.5. The molecule has 1 N–H and O–H groups in total. The Hall–Kier alpha value is -2.63. The van der Waals surface area contributed by atoms with E-state index in [9.17, 15) is 9.90 Å². The number of aryl methyl sites for hydroxylation is 1. The normalized spacial score (nSPS) is 21.8. The Morgan fingerprint density at radius 2 is 1.68 bits per heavy atom. The first-order chi connectivity index (χ1) is 18.5. The highest BCUT2D eigenvalue weighted by molar-refractivity contribution is 5.73. The van der Waals surface area contributed by atoms with Crippen molar-refractivity contribution in [3.8, 4) is 0 Å². The zero-order valence-corrected chi connectivity index (χ0v) is 23.5. The summed E-state index contributed by atoms with van der Waals surface area (Å²) in [5, 5.41) is 9.92. The molecule has 4 rings (SSSR count). The lowest BCUT2D eigenvalue weighted by molar-refractivity contribution is -0.143. The highest BCUT2D eigenvalue weighted by atomic mass is 16.4. The van der Waals surface area contributed by atoms with Crippen LogP contribution in [0, 0.1) is 5.92 Å². The molecular weight excluding hydrogens is 470 g/mol. The third-order valence-electron chi connectivity index (χ3n) is 8.77. The fraction of sp³-hybridized carbons (Fsp3) is 0.545. The van der Waals surface area contributed by atoms with E-state index in [1.54, 1.807) is 0 Å². The van der Waals surface area contributed by atoms with Gasteiger partial charge in [0.15, 0.2) is 0 Å². The average molecular weight is 518 g/mol. The van der Waals surface area contributed by atoms with Gasteiger partial charge in [0.1, 0.15) is 6.04 Å². The molecule has 2 saturated heterocycles.